The predicted octanol–water partition coefficient (Wildman–Crippen LogP) is 3.58. The maximum absolute atomic E-state index is 10.9. The van der Waals surface area contributed by atoms with Gasteiger partial charge in [-0.3, -0.25) is 0 Å². The first-order valence-corrected chi connectivity index (χ1v) is 9.78. The SMILES string of the molecule is CCNC(=NCC(C)(O)c1cc(C)oc1C)NCC(c1ccccc1)N(C)C.I. The molecular formula is C22H35IN4O2. The zero-order valence-corrected chi connectivity index (χ0v) is 20.7. The number of halogens is 1. The van der Waals surface area contributed by atoms with Crippen molar-refractivity contribution < 1.29 is 9.52 Å². The number of likely N-dealkylation sites (N-methyl/N-ethyl adjacent to an activating group) is 1. The molecule has 2 aromatic rings. The Bertz CT molecular complexity index is 772. The predicted molar refractivity (Wildman–Crippen MR) is 130 cm³/mol. The van der Waals surface area contributed by atoms with E-state index in [0.29, 0.717) is 12.5 Å². The van der Waals surface area contributed by atoms with E-state index >= 15 is 0 Å². The van der Waals surface area contributed by atoms with Crippen molar-refractivity contribution in [1.29, 1.82) is 0 Å². The number of hydrogen-bond acceptors (Lipinski definition) is 4. The Kier molecular flexibility index (Phi) is 10.2. The molecule has 0 bridgehead atoms. The maximum Gasteiger partial charge on any atom is 0.191 e. The summed E-state index contributed by atoms with van der Waals surface area (Å²) in [7, 11) is 4.14. The Balaban J connectivity index is 0.00000420. The lowest BCUT2D eigenvalue weighted by Crippen LogP contribution is -2.42. The number of nitrogens with one attached hydrogen (secondary N) is 2. The fourth-order valence-electron chi connectivity index (χ4n) is 3.29. The van der Waals surface area contributed by atoms with E-state index in [1.807, 2.05) is 32.9 Å². The quantitative estimate of drug-likeness (QED) is 0.286. The van der Waals surface area contributed by atoms with Crippen molar-refractivity contribution >= 4 is 29.9 Å². The maximum atomic E-state index is 10.9. The van der Waals surface area contributed by atoms with Crippen LogP contribution in [0, 0.1) is 13.8 Å². The van der Waals surface area contributed by atoms with Crippen LogP contribution in [0.25, 0.3) is 0 Å². The molecule has 0 saturated heterocycles. The number of aryl methyl sites for hydroxylation is 2. The van der Waals surface area contributed by atoms with Crippen LogP contribution in [0.15, 0.2) is 45.8 Å². The van der Waals surface area contributed by atoms with Gasteiger partial charge in [-0.2, -0.15) is 0 Å². The molecule has 0 aliphatic carbocycles. The summed E-state index contributed by atoms with van der Waals surface area (Å²) in [6.07, 6.45) is 0. The molecule has 3 N–H and O–H groups in total. The first-order valence-electron chi connectivity index (χ1n) is 9.78. The van der Waals surface area contributed by atoms with Gasteiger partial charge in [-0.1, -0.05) is 30.3 Å². The summed E-state index contributed by atoms with van der Waals surface area (Å²) in [5.74, 6) is 2.20. The van der Waals surface area contributed by atoms with Crippen LogP contribution in [0.5, 0.6) is 0 Å². The smallest absolute Gasteiger partial charge is 0.191 e. The van der Waals surface area contributed by atoms with E-state index in [4.69, 9.17) is 4.42 Å². The molecule has 1 heterocycles. The number of aliphatic imine (C=N–C) groups is 1. The van der Waals surface area contributed by atoms with Gasteiger partial charge < -0.3 is 25.1 Å². The van der Waals surface area contributed by atoms with Crippen molar-refractivity contribution in [3.63, 3.8) is 0 Å². The van der Waals surface area contributed by atoms with Crippen LogP contribution in [0.4, 0.5) is 0 Å². The van der Waals surface area contributed by atoms with E-state index in [0.717, 1.165) is 23.6 Å². The highest BCUT2D eigenvalue weighted by molar-refractivity contribution is 14.0. The zero-order chi connectivity index (χ0) is 20.7. The normalized spacial score (nSPS) is 14.8. The molecule has 1 aromatic heterocycles. The van der Waals surface area contributed by atoms with Crippen molar-refractivity contribution in [2.45, 2.75) is 39.3 Å². The number of furan rings is 1. The second-order valence-corrected chi connectivity index (χ2v) is 7.57. The summed E-state index contributed by atoms with van der Waals surface area (Å²) in [5, 5.41) is 17.6. The van der Waals surface area contributed by atoms with Crippen LogP contribution in [0.2, 0.25) is 0 Å². The van der Waals surface area contributed by atoms with E-state index in [1.54, 1.807) is 6.92 Å². The highest BCUT2D eigenvalue weighted by Crippen LogP contribution is 2.27. The molecule has 2 atom stereocenters. The monoisotopic (exact) mass is 514 g/mol. The fourth-order valence-corrected chi connectivity index (χ4v) is 3.29. The molecule has 0 fully saturated rings. The lowest BCUT2D eigenvalue weighted by atomic mass is 9.96. The van der Waals surface area contributed by atoms with E-state index in [2.05, 4.69) is 58.9 Å². The van der Waals surface area contributed by atoms with Crippen LogP contribution in [-0.4, -0.2) is 49.7 Å². The van der Waals surface area contributed by atoms with Gasteiger partial charge in [0, 0.05) is 18.7 Å². The lowest BCUT2D eigenvalue weighted by Gasteiger charge is -2.26. The number of nitrogens with zero attached hydrogens (tertiary/aromatic N) is 2. The number of hydrogen-bond donors (Lipinski definition) is 3. The van der Waals surface area contributed by atoms with Crippen molar-refractivity contribution in [3.05, 3.63) is 59.0 Å². The molecule has 0 amide bonds. The van der Waals surface area contributed by atoms with Crippen LogP contribution in [0.1, 0.15) is 42.5 Å². The summed E-state index contributed by atoms with van der Waals surface area (Å²) < 4.78 is 5.56. The van der Waals surface area contributed by atoms with Gasteiger partial charge in [0.15, 0.2) is 5.96 Å². The molecule has 29 heavy (non-hydrogen) atoms. The molecule has 6 nitrogen and oxygen atoms in total. The minimum absolute atomic E-state index is 0. The number of rotatable bonds is 8. The Hall–Kier alpha value is -1.58. The number of benzene rings is 1. The lowest BCUT2D eigenvalue weighted by molar-refractivity contribution is 0.0657. The van der Waals surface area contributed by atoms with Gasteiger partial charge in [-0.25, -0.2) is 4.99 Å². The standard InChI is InChI=1S/C22H34N4O2.HI/c1-7-23-21(24-14-20(26(5)6)18-11-9-8-10-12-18)25-15-22(4,27)19-13-16(2)28-17(19)3;/h8-13,20,27H,7,14-15H2,1-6H3,(H2,23,24,25);1H. The molecule has 7 heteroatoms. The molecule has 2 rings (SSSR count). The summed E-state index contributed by atoms with van der Waals surface area (Å²) in [6.45, 7) is 9.23. The Labute approximate surface area is 191 Å². The molecular weight excluding hydrogens is 479 g/mol. The molecule has 0 saturated carbocycles. The van der Waals surface area contributed by atoms with Gasteiger partial charge in [0.05, 0.1) is 12.6 Å². The van der Waals surface area contributed by atoms with Crippen molar-refractivity contribution in [3.8, 4) is 0 Å². The highest BCUT2D eigenvalue weighted by Gasteiger charge is 2.27. The average Bonchev–Trinajstić information content (AvgIpc) is 2.99. The van der Waals surface area contributed by atoms with Crippen molar-refractivity contribution in [1.82, 2.24) is 15.5 Å². The summed E-state index contributed by atoms with van der Waals surface area (Å²) in [6, 6.07) is 12.5. The molecule has 0 aliphatic rings. The minimum Gasteiger partial charge on any atom is -0.466 e. The van der Waals surface area contributed by atoms with E-state index in [9.17, 15) is 5.11 Å². The Morgan fingerprint density at radius 1 is 1.21 bits per heavy atom. The van der Waals surface area contributed by atoms with E-state index < -0.39 is 5.60 Å². The summed E-state index contributed by atoms with van der Waals surface area (Å²) >= 11 is 0. The fraction of sp³-hybridized carbons (Fsp3) is 0.500. The largest absolute Gasteiger partial charge is 0.466 e. The molecule has 0 spiro atoms. The Morgan fingerprint density at radius 3 is 2.38 bits per heavy atom. The minimum atomic E-state index is -1.09. The molecule has 0 aliphatic heterocycles. The number of aliphatic hydroxyl groups is 1. The topological polar surface area (TPSA) is 73.0 Å². The third kappa shape index (κ3) is 7.31. The third-order valence-electron chi connectivity index (χ3n) is 4.78. The van der Waals surface area contributed by atoms with Gasteiger partial charge in [-0.15, -0.1) is 24.0 Å². The Morgan fingerprint density at radius 2 is 1.86 bits per heavy atom. The van der Waals surface area contributed by atoms with Gasteiger partial charge in [0.1, 0.15) is 17.1 Å². The second-order valence-electron chi connectivity index (χ2n) is 7.57. The van der Waals surface area contributed by atoms with E-state index in [-0.39, 0.29) is 36.6 Å². The van der Waals surface area contributed by atoms with Crippen LogP contribution in [-0.2, 0) is 5.60 Å². The molecule has 162 valence electrons. The van der Waals surface area contributed by atoms with Crippen LogP contribution in [0.3, 0.4) is 0 Å². The molecule has 2 unspecified atom stereocenters. The molecule has 0 radical (unpaired) electrons. The zero-order valence-electron chi connectivity index (χ0n) is 18.3. The van der Waals surface area contributed by atoms with Gasteiger partial charge in [0.25, 0.3) is 0 Å². The summed E-state index contributed by atoms with van der Waals surface area (Å²) in [5.41, 5.74) is 0.928. The highest BCUT2D eigenvalue weighted by atomic mass is 127. The van der Waals surface area contributed by atoms with Crippen LogP contribution < -0.4 is 10.6 Å². The second kappa shape index (κ2) is 11.6. The molecule has 1 aromatic carbocycles. The number of guanidine groups is 1. The van der Waals surface area contributed by atoms with E-state index in [1.165, 1.54) is 5.56 Å². The van der Waals surface area contributed by atoms with Crippen molar-refractivity contribution in [2.75, 3.05) is 33.7 Å². The van der Waals surface area contributed by atoms with Crippen LogP contribution >= 0.6 is 24.0 Å². The van der Waals surface area contributed by atoms with Gasteiger partial charge in [0.2, 0.25) is 0 Å². The third-order valence-corrected chi connectivity index (χ3v) is 4.78. The first kappa shape index (κ1) is 25.5. The first-order chi connectivity index (χ1) is 13.2. The average molecular weight is 514 g/mol. The van der Waals surface area contributed by atoms with Gasteiger partial charge in [-0.05, 0) is 53.4 Å². The van der Waals surface area contributed by atoms with Crippen molar-refractivity contribution in [2.24, 2.45) is 4.99 Å². The summed E-state index contributed by atoms with van der Waals surface area (Å²) in [4.78, 5) is 6.80. The van der Waals surface area contributed by atoms with Gasteiger partial charge >= 0.3 is 0 Å².